The molecule has 1 saturated heterocycles. The maximum Gasteiger partial charge on any atom is 0.335 e. The fourth-order valence-corrected chi connectivity index (χ4v) is 5.38. The van der Waals surface area contributed by atoms with Crippen molar-refractivity contribution in [3.8, 4) is 11.1 Å². The predicted molar refractivity (Wildman–Crippen MR) is 146 cm³/mol. The average Bonchev–Trinajstić information content (AvgIpc) is 3.14. The second-order valence-corrected chi connectivity index (χ2v) is 9.95. The van der Waals surface area contributed by atoms with E-state index in [2.05, 4.69) is 42.5 Å². The second-order valence-electron chi connectivity index (χ2n) is 8.27. The molecule has 0 unspecified atom stereocenters. The highest BCUT2D eigenvalue weighted by Crippen LogP contribution is 2.33. The van der Waals surface area contributed by atoms with E-state index in [1.54, 1.807) is 29.2 Å². The monoisotopic (exact) mass is 495 g/mol. The number of carbonyl (C=O) groups is 2. The minimum Gasteiger partial charge on any atom is -0.478 e. The molecular weight excluding hydrogens is 474 g/mol. The standard InChI is InChI=1S/C29H21NO3S2/c31-27-26(35-29(34)30(27)15-14-19-8-10-22(11-9-19)28(32)33)17-20-4-3-7-23(16-20)25-13-12-21-5-1-2-6-24(21)18-25/h1-13,16-18H,14-15H2,(H,32,33)/b26-17-. The number of benzene rings is 4. The number of thioether (sulfide) groups is 1. The number of fused-ring (bicyclic) bond motifs is 1. The summed E-state index contributed by atoms with van der Waals surface area (Å²) in [5, 5.41) is 11.4. The molecule has 0 aromatic heterocycles. The molecule has 5 rings (SSSR count). The summed E-state index contributed by atoms with van der Waals surface area (Å²) < 4.78 is 0.536. The predicted octanol–water partition coefficient (Wildman–Crippen LogP) is 6.65. The first-order valence-corrected chi connectivity index (χ1v) is 12.4. The number of carboxylic acid groups (broad SMARTS) is 1. The van der Waals surface area contributed by atoms with Gasteiger partial charge >= 0.3 is 5.97 Å². The Bertz CT molecular complexity index is 1490. The van der Waals surface area contributed by atoms with Gasteiger partial charge in [-0.3, -0.25) is 9.69 Å². The number of hydrogen-bond acceptors (Lipinski definition) is 4. The molecule has 0 aliphatic carbocycles. The molecule has 1 N–H and O–H groups in total. The van der Waals surface area contributed by atoms with Crippen LogP contribution in [0.25, 0.3) is 28.0 Å². The summed E-state index contributed by atoms with van der Waals surface area (Å²) in [6.07, 6.45) is 2.49. The molecule has 1 aliphatic heterocycles. The van der Waals surface area contributed by atoms with Crippen LogP contribution < -0.4 is 0 Å². The number of nitrogens with zero attached hydrogens (tertiary/aromatic N) is 1. The zero-order valence-electron chi connectivity index (χ0n) is 18.7. The van der Waals surface area contributed by atoms with E-state index < -0.39 is 5.97 Å². The minimum atomic E-state index is -0.955. The molecule has 0 saturated carbocycles. The number of carboxylic acids is 1. The molecule has 0 bridgehead atoms. The largest absolute Gasteiger partial charge is 0.478 e. The quantitative estimate of drug-likeness (QED) is 0.240. The lowest BCUT2D eigenvalue weighted by Crippen LogP contribution is -2.30. The van der Waals surface area contributed by atoms with Gasteiger partial charge in [0.2, 0.25) is 0 Å². The summed E-state index contributed by atoms with van der Waals surface area (Å²) in [5.41, 5.74) is 4.36. The van der Waals surface area contributed by atoms with Crippen LogP contribution in [0, 0.1) is 0 Å². The van der Waals surface area contributed by atoms with Crippen LogP contribution in [0.3, 0.4) is 0 Å². The molecule has 0 spiro atoms. The Morgan fingerprint density at radius 3 is 2.40 bits per heavy atom. The lowest BCUT2D eigenvalue weighted by atomic mass is 9.99. The van der Waals surface area contributed by atoms with Crippen molar-refractivity contribution in [2.45, 2.75) is 6.42 Å². The van der Waals surface area contributed by atoms with Crippen LogP contribution in [0.4, 0.5) is 0 Å². The van der Waals surface area contributed by atoms with Crippen LogP contribution in [-0.4, -0.2) is 32.7 Å². The summed E-state index contributed by atoms with van der Waals surface area (Å²) in [6, 6.07) is 29.5. The fraction of sp³-hybridized carbons (Fsp3) is 0.0690. The fourth-order valence-electron chi connectivity index (χ4n) is 4.08. The zero-order valence-corrected chi connectivity index (χ0v) is 20.3. The third-order valence-electron chi connectivity index (χ3n) is 5.97. The number of thiocarbonyl (C=S) groups is 1. The number of amides is 1. The Labute approximate surface area is 212 Å². The van der Waals surface area contributed by atoms with Gasteiger partial charge in [0.15, 0.2) is 0 Å². The first-order chi connectivity index (χ1) is 17.0. The van der Waals surface area contributed by atoms with E-state index in [9.17, 15) is 9.59 Å². The van der Waals surface area contributed by atoms with Gasteiger partial charge < -0.3 is 5.11 Å². The highest BCUT2D eigenvalue weighted by atomic mass is 32.2. The average molecular weight is 496 g/mol. The van der Waals surface area contributed by atoms with Gasteiger partial charge in [-0.15, -0.1) is 0 Å². The molecule has 0 atom stereocenters. The normalized spacial score (nSPS) is 14.7. The van der Waals surface area contributed by atoms with Crippen molar-refractivity contribution in [1.82, 2.24) is 4.90 Å². The molecule has 1 aliphatic rings. The van der Waals surface area contributed by atoms with Crippen LogP contribution in [0.5, 0.6) is 0 Å². The first-order valence-electron chi connectivity index (χ1n) is 11.1. The van der Waals surface area contributed by atoms with Gasteiger partial charge in [-0.25, -0.2) is 4.79 Å². The van der Waals surface area contributed by atoms with E-state index in [4.69, 9.17) is 17.3 Å². The highest BCUT2D eigenvalue weighted by molar-refractivity contribution is 8.26. The summed E-state index contributed by atoms with van der Waals surface area (Å²) in [7, 11) is 0. The highest BCUT2D eigenvalue weighted by Gasteiger charge is 2.31. The number of hydrogen-bond donors (Lipinski definition) is 1. The summed E-state index contributed by atoms with van der Waals surface area (Å²) >= 11 is 6.79. The molecule has 0 radical (unpaired) electrons. The summed E-state index contributed by atoms with van der Waals surface area (Å²) in [4.78, 5) is 26.3. The summed E-state index contributed by atoms with van der Waals surface area (Å²) in [5.74, 6) is -1.05. The van der Waals surface area contributed by atoms with Crippen LogP contribution in [0.2, 0.25) is 0 Å². The Morgan fingerprint density at radius 2 is 1.63 bits per heavy atom. The Balaban J connectivity index is 1.32. The lowest BCUT2D eigenvalue weighted by Gasteiger charge is -2.14. The molecule has 4 aromatic rings. The van der Waals surface area contributed by atoms with Crippen molar-refractivity contribution in [3.05, 3.63) is 113 Å². The maximum atomic E-state index is 13.1. The van der Waals surface area contributed by atoms with E-state index in [1.807, 2.05) is 30.3 Å². The molecule has 1 heterocycles. The lowest BCUT2D eigenvalue weighted by molar-refractivity contribution is -0.122. The van der Waals surface area contributed by atoms with Crippen molar-refractivity contribution in [1.29, 1.82) is 0 Å². The van der Waals surface area contributed by atoms with Gasteiger partial charge in [-0.2, -0.15) is 0 Å². The van der Waals surface area contributed by atoms with Gasteiger partial charge in [-0.1, -0.05) is 90.7 Å². The third-order valence-corrected chi connectivity index (χ3v) is 7.34. The van der Waals surface area contributed by atoms with Crippen molar-refractivity contribution < 1.29 is 14.7 Å². The van der Waals surface area contributed by atoms with Crippen LogP contribution in [0.15, 0.2) is 95.9 Å². The van der Waals surface area contributed by atoms with Crippen molar-refractivity contribution in [2.75, 3.05) is 6.54 Å². The van der Waals surface area contributed by atoms with Gasteiger partial charge in [0.05, 0.1) is 10.5 Å². The minimum absolute atomic E-state index is 0.0988. The molecule has 4 aromatic carbocycles. The molecule has 1 fully saturated rings. The van der Waals surface area contributed by atoms with Gasteiger partial charge in [-0.05, 0) is 69.8 Å². The topological polar surface area (TPSA) is 57.6 Å². The Kier molecular flexibility index (Phi) is 6.49. The van der Waals surface area contributed by atoms with Crippen molar-refractivity contribution in [2.24, 2.45) is 0 Å². The Morgan fingerprint density at radius 1 is 0.886 bits per heavy atom. The zero-order chi connectivity index (χ0) is 24.4. The Hall–Kier alpha value is -3.74. The van der Waals surface area contributed by atoms with E-state index in [0.29, 0.717) is 22.2 Å². The summed E-state index contributed by atoms with van der Waals surface area (Å²) in [6.45, 7) is 0.450. The number of rotatable bonds is 6. The molecule has 6 heteroatoms. The molecule has 4 nitrogen and oxygen atoms in total. The van der Waals surface area contributed by atoms with E-state index in [-0.39, 0.29) is 11.5 Å². The first kappa shape index (κ1) is 23.0. The molecule has 1 amide bonds. The molecule has 35 heavy (non-hydrogen) atoms. The van der Waals surface area contributed by atoms with Crippen LogP contribution in [-0.2, 0) is 11.2 Å². The van der Waals surface area contributed by atoms with Crippen LogP contribution >= 0.6 is 24.0 Å². The molecule has 172 valence electrons. The van der Waals surface area contributed by atoms with Crippen LogP contribution in [0.1, 0.15) is 21.5 Å². The van der Waals surface area contributed by atoms with Gasteiger partial charge in [0.1, 0.15) is 4.32 Å². The number of carbonyl (C=O) groups excluding carboxylic acids is 1. The smallest absolute Gasteiger partial charge is 0.335 e. The van der Waals surface area contributed by atoms with E-state index in [1.165, 1.54) is 22.5 Å². The molecular formula is C29H21NO3S2. The number of aromatic carboxylic acids is 1. The van der Waals surface area contributed by atoms with Crippen molar-refractivity contribution in [3.63, 3.8) is 0 Å². The van der Waals surface area contributed by atoms with E-state index >= 15 is 0 Å². The second kappa shape index (κ2) is 9.86. The maximum absolute atomic E-state index is 13.1. The van der Waals surface area contributed by atoms with E-state index in [0.717, 1.165) is 22.3 Å². The van der Waals surface area contributed by atoms with Gasteiger partial charge in [0, 0.05) is 6.54 Å². The third kappa shape index (κ3) is 5.04. The van der Waals surface area contributed by atoms with Gasteiger partial charge in [0.25, 0.3) is 5.91 Å². The van der Waals surface area contributed by atoms with Crippen molar-refractivity contribution >= 4 is 57.0 Å². The SMILES string of the molecule is O=C(O)c1ccc(CCN2C(=O)/C(=C/c3cccc(-c4ccc5ccccc5c4)c3)SC2=S)cc1.